The molecule has 0 amide bonds. The first-order valence-electron chi connectivity index (χ1n) is 8.43. The van der Waals surface area contributed by atoms with E-state index in [1.807, 2.05) is 0 Å². The SMILES string of the molecule is O=C1C(=Cc2ccc(-c3ccccc3OC(F)(F)F)o2)CSc2ccc(Cl)cc21. The van der Waals surface area contributed by atoms with Gasteiger partial charge in [-0.05, 0) is 48.5 Å². The van der Waals surface area contributed by atoms with Crippen molar-refractivity contribution in [3.8, 4) is 17.1 Å². The van der Waals surface area contributed by atoms with E-state index in [1.54, 1.807) is 36.4 Å². The van der Waals surface area contributed by atoms with E-state index in [9.17, 15) is 18.0 Å². The zero-order valence-electron chi connectivity index (χ0n) is 14.6. The maximum atomic E-state index is 12.7. The Morgan fingerprint density at radius 2 is 1.86 bits per heavy atom. The van der Waals surface area contributed by atoms with Gasteiger partial charge in [0.05, 0.1) is 5.56 Å². The van der Waals surface area contributed by atoms with Crippen LogP contribution in [0.5, 0.6) is 5.75 Å². The highest BCUT2D eigenvalue weighted by Crippen LogP contribution is 2.37. The number of carbonyl (C=O) groups is 1. The third kappa shape index (κ3) is 4.36. The molecule has 148 valence electrons. The lowest BCUT2D eigenvalue weighted by molar-refractivity contribution is -0.274. The largest absolute Gasteiger partial charge is 0.573 e. The summed E-state index contributed by atoms with van der Waals surface area (Å²) in [5.74, 6) is 0.505. The molecule has 0 saturated carbocycles. The van der Waals surface area contributed by atoms with E-state index in [2.05, 4.69) is 4.74 Å². The molecule has 2 heterocycles. The van der Waals surface area contributed by atoms with Gasteiger partial charge >= 0.3 is 6.36 Å². The molecule has 1 aromatic heterocycles. The van der Waals surface area contributed by atoms with Crippen molar-refractivity contribution in [2.45, 2.75) is 11.3 Å². The molecular weight excluding hydrogens is 425 g/mol. The molecule has 0 atom stereocenters. The molecule has 3 aromatic rings. The van der Waals surface area contributed by atoms with Gasteiger partial charge in [-0.2, -0.15) is 0 Å². The van der Waals surface area contributed by atoms with E-state index >= 15 is 0 Å². The van der Waals surface area contributed by atoms with Crippen LogP contribution in [-0.2, 0) is 0 Å². The molecule has 8 heteroatoms. The van der Waals surface area contributed by atoms with Gasteiger partial charge in [0, 0.05) is 26.8 Å². The molecule has 0 aliphatic carbocycles. The van der Waals surface area contributed by atoms with Crippen LogP contribution in [0.4, 0.5) is 13.2 Å². The summed E-state index contributed by atoms with van der Waals surface area (Å²) in [6.45, 7) is 0. The Morgan fingerprint density at radius 1 is 1.07 bits per heavy atom. The van der Waals surface area contributed by atoms with Crippen molar-refractivity contribution < 1.29 is 27.1 Å². The second kappa shape index (κ2) is 7.65. The Bertz CT molecular complexity index is 1120. The van der Waals surface area contributed by atoms with Crippen molar-refractivity contribution in [2.24, 2.45) is 0 Å². The summed E-state index contributed by atoms with van der Waals surface area (Å²) in [6, 6.07) is 14.0. The summed E-state index contributed by atoms with van der Waals surface area (Å²) in [5, 5.41) is 0.473. The Balaban J connectivity index is 1.64. The van der Waals surface area contributed by atoms with Crippen molar-refractivity contribution in [1.29, 1.82) is 0 Å². The summed E-state index contributed by atoms with van der Waals surface area (Å²) < 4.78 is 47.6. The number of hydrogen-bond donors (Lipinski definition) is 0. The van der Waals surface area contributed by atoms with Crippen LogP contribution in [0.3, 0.4) is 0 Å². The fraction of sp³-hybridized carbons (Fsp3) is 0.0952. The van der Waals surface area contributed by atoms with Crippen LogP contribution in [0.1, 0.15) is 16.1 Å². The normalized spacial score (nSPS) is 15.4. The second-order valence-electron chi connectivity index (χ2n) is 6.17. The zero-order valence-corrected chi connectivity index (χ0v) is 16.2. The molecule has 0 unspecified atom stereocenters. The first-order chi connectivity index (χ1) is 13.8. The number of furan rings is 1. The van der Waals surface area contributed by atoms with Crippen molar-refractivity contribution in [3.05, 3.63) is 76.5 Å². The van der Waals surface area contributed by atoms with E-state index in [4.69, 9.17) is 16.0 Å². The molecule has 0 radical (unpaired) electrons. The summed E-state index contributed by atoms with van der Waals surface area (Å²) in [5.41, 5.74) is 1.21. The molecule has 0 bridgehead atoms. The van der Waals surface area contributed by atoms with Gasteiger partial charge < -0.3 is 9.15 Å². The number of thioether (sulfide) groups is 1. The molecule has 0 fully saturated rings. The number of para-hydroxylation sites is 1. The van der Waals surface area contributed by atoms with Crippen molar-refractivity contribution >= 4 is 35.2 Å². The molecule has 29 heavy (non-hydrogen) atoms. The van der Waals surface area contributed by atoms with Crippen molar-refractivity contribution in [2.75, 3.05) is 5.75 Å². The summed E-state index contributed by atoms with van der Waals surface area (Å²) in [7, 11) is 0. The average molecular weight is 437 g/mol. The number of ether oxygens (including phenoxy) is 1. The maximum absolute atomic E-state index is 12.7. The van der Waals surface area contributed by atoms with E-state index in [-0.39, 0.29) is 22.9 Å². The smallest absolute Gasteiger partial charge is 0.457 e. The van der Waals surface area contributed by atoms with Gasteiger partial charge in [0.1, 0.15) is 17.3 Å². The molecular formula is C21H12ClF3O3S. The van der Waals surface area contributed by atoms with Gasteiger partial charge in [-0.3, -0.25) is 4.79 Å². The number of carbonyl (C=O) groups excluding carboxylic acids is 1. The molecule has 1 aliphatic rings. The van der Waals surface area contributed by atoms with Crippen LogP contribution >= 0.6 is 23.4 Å². The maximum Gasteiger partial charge on any atom is 0.573 e. The van der Waals surface area contributed by atoms with Gasteiger partial charge in [-0.1, -0.05) is 23.7 Å². The molecule has 1 aliphatic heterocycles. The number of Topliss-reactive ketones (excluding diaryl/α,β-unsaturated/α-hetero) is 1. The van der Waals surface area contributed by atoms with Crippen LogP contribution in [0.15, 0.2) is 69.5 Å². The van der Waals surface area contributed by atoms with E-state index in [1.165, 1.54) is 36.0 Å². The van der Waals surface area contributed by atoms with Crippen LogP contribution in [0.2, 0.25) is 5.02 Å². The average Bonchev–Trinajstić information content (AvgIpc) is 3.12. The van der Waals surface area contributed by atoms with E-state index in [0.29, 0.717) is 27.7 Å². The summed E-state index contributed by atoms with van der Waals surface area (Å²) in [6.07, 6.45) is -3.22. The lowest BCUT2D eigenvalue weighted by atomic mass is 10.0. The zero-order chi connectivity index (χ0) is 20.6. The third-order valence-corrected chi connectivity index (χ3v) is 5.54. The minimum Gasteiger partial charge on any atom is -0.457 e. The van der Waals surface area contributed by atoms with Crippen LogP contribution in [-0.4, -0.2) is 17.9 Å². The monoisotopic (exact) mass is 436 g/mol. The molecule has 0 N–H and O–H groups in total. The topological polar surface area (TPSA) is 39.4 Å². The number of alkyl halides is 3. The number of ketones is 1. The number of halogens is 4. The molecule has 3 nitrogen and oxygen atoms in total. The van der Waals surface area contributed by atoms with Crippen LogP contribution in [0.25, 0.3) is 17.4 Å². The highest BCUT2D eigenvalue weighted by molar-refractivity contribution is 7.99. The Labute approximate surface area is 173 Å². The number of benzene rings is 2. The number of fused-ring (bicyclic) bond motifs is 1. The van der Waals surface area contributed by atoms with Gasteiger partial charge in [0.15, 0.2) is 5.78 Å². The van der Waals surface area contributed by atoms with Crippen molar-refractivity contribution in [1.82, 2.24) is 0 Å². The Morgan fingerprint density at radius 3 is 2.66 bits per heavy atom. The highest BCUT2D eigenvalue weighted by Gasteiger charge is 2.32. The Hall–Kier alpha value is -2.64. The minimum absolute atomic E-state index is 0.153. The summed E-state index contributed by atoms with van der Waals surface area (Å²) in [4.78, 5) is 13.6. The molecule has 2 aromatic carbocycles. The predicted octanol–water partition coefficient (Wildman–Crippen LogP) is 6.87. The van der Waals surface area contributed by atoms with Gasteiger partial charge in [0.25, 0.3) is 0 Å². The lowest BCUT2D eigenvalue weighted by Crippen LogP contribution is -2.17. The van der Waals surface area contributed by atoms with Gasteiger partial charge in [-0.15, -0.1) is 24.9 Å². The summed E-state index contributed by atoms with van der Waals surface area (Å²) >= 11 is 7.50. The van der Waals surface area contributed by atoms with Crippen LogP contribution < -0.4 is 4.74 Å². The van der Waals surface area contributed by atoms with E-state index in [0.717, 1.165) is 4.90 Å². The van der Waals surface area contributed by atoms with E-state index < -0.39 is 6.36 Å². The van der Waals surface area contributed by atoms with Crippen molar-refractivity contribution in [3.63, 3.8) is 0 Å². The standard InChI is InChI=1S/C21H12ClF3O3S/c22-13-5-8-19-16(10-13)20(26)12(11-29-19)9-14-6-7-17(27-14)15-3-1-2-4-18(15)28-21(23,24)25/h1-10H,11H2. The number of hydrogen-bond acceptors (Lipinski definition) is 4. The third-order valence-electron chi connectivity index (χ3n) is 4.18. The lowest BCUT2D eigenvalue weighted by Gasteiger charge is -2.16. The first kappa shape index (κ1) is 19.7. The highest BCUT2D eigenvalue weighted by atomic mass is 35.5. The van der Waals surface area contributed by atoms with Crippen LogP contribution in [0, 0.1) is 0 Å². The fourth-order valence-corrected chi connectivity index (χ4v) is 4.11. The molecule has 0 saturated heterocycles. The Kier molecular flexibility index (Phi) is 5.19. The second-order valence-corrected chi connectivity index (χ2v) is 7.63. The molecule has 4 rings (SSSR count). The number of rotatable bonds is 3. The first-order valence-corrected chi connectivity index (χ1v) is 9.79. The van der Waals surface area contributed by atoms with Gasteiger partial charge in [0.2, 0.25) is 0 Å². The fourth-order valence-electron chi connectivity index (χ4n) is 2.94. The minimum atomic E-state index is -4.81. The van der Waals surface area contributed by atoms with Gasteiger partial charge in [-0.25, -0.2) is 0 Å². The quantitative estimate of drug-likeness (QED) is 0.420. The predicted molar refractivity (Wildman–Crippen MR) is 105 cm³/mol. The molecule has 0 spiro atoms.